The van der Waals surface area contributed by atoms with Gasteiger partial charge in [-0.25, -0.2) is 0 Å². The highest BCUT2D eigenvalue weighted by Crippen LogP contribution is 2.14. The zero-order valence-corrected chi connectivity index (χ0v) is 11.0. The van der Waals surface area contributed by atoms with Crippen molar-refractivity contribution in [1.82, 2.24) is 10.3 Å². The molecule has 0 aromatic carbocycles. The number of carbonyl (C=O) groups is 1. The van der Waals surface area contributed by atoms with Crippen LogP contribution in [-0.4, -0.2) is 22.6 Å². The highest BCUT2D eigenvalue weighted by Gasteiger charge is 2.07. The molecule has 0 aliphatic heterocycles. The van der Waals surface area contributed by atoms with Gasteiger partial charge in [0.2, 0.25) is 0 Å². The standard InChI is InChI=1S/C12H10N2O2S2/c15-3-1-2-9-4-10(17-7-9)5-14-12(16)11-6-13-8-18-11/h4,6-8,15H,3,5H2,(H,14,16). The zero-order valence-electron chi connectivity index (χ0n) is 9.34. The minimum Gasteiger partial charge on any atom is -0.384 e. The van der Waals surface area contributed by atoms with Crippen LogP contribution in [0.1, 0.15) is 20.1 Å². The summed E-state index contributed by atoms with van der Waals surface area (Å²) >= 11 is 2.84. The third-order valence-electron chi connectivity index (χ3n) is 2.04. The number of hydrogen-bond donors (Lipinski definition) is 2. The molecule has 0 fully saturated rings. The van der Waals surface area contributed by atoms with E-state index in [0.29, 0.717) is 11.4 Å². The SMILES string of the molecule is O=C(NCc1cc(C#CCO)cs1)c1cncs1. The molecule has 2 aromatic rings. The number of carbonyl (C=O) groups excluding carboxylic acids is 1. The van der Waals surface area contributed by atoms with Crippen LogP contribution < -0.4 is 5.32 Å². The Hall–Kier alpha value is -1.68. The van der Waals surface area contributed by atoms with Gasteiger partial charge in [0.05, 0.1) is 18.3 Å². The lowest BCUT2D eigenvalue weighted by atomic mass is 10.3. The lowest BCUT2D eigenvalue weighted by Crippen LogP contribution is -2.21. The molecular weight excluding hydrogens is 268 g/mol. The van der Waals surface area contributed by atoms with Gasteiger partial charge in [0.25, 0.3) is 5.91 Å². The van der Waals surface area contributed by atoms with E-state index in [9.17, 15) is 4.79 Å². The van der Waals surface area contributed by atoms with Gasteiger partial charge in [-0.1, -0.05) is 11.8 Å². The first-order valence-electron chi connectivity index (χ1n) is 5.13. The van der Waals surface area contributed by atoms with Gasteiger partial charge >= 0.3 is 0 Å². The molecule has 2 rings (SSSR count). The number of aliphatic hydroxyl groups excluding tert-OH is 1. The number of amides is 1. The van der Waals surface area contributed by atoms with Gasteiger partial charge in [0.15, 0.2) is 0 Å². The van der Waals surface area contributed by atoms with Crippen LogP contribution in [0, 0.1) is 11.8 Å². The average Bonchev–Trinajstić information content (AvgIpc) is 3.04. The molecule has 0 atom stereocenters. The third-order valence-corrected chi connectivity index (χ3v) is 3.75. The second-order valence-corrected chi connectivity index (χ2v) is 5.19. The molecule has 0 bridgehead atoms. The Morgan fingerprint density at radius 2 is 2.39 bits per heavy atom. The summed E-state index contributed by atoms with van der Waals surface area (Å²) in [7, 11) is 0. The van der Waals surface area contributed by atoms with E-state index in [1.165, 1.54) is 22.7 Å². The number of aromatic nitrogens is 1. The Balaban J connectivity index is 1.90. The third kappa shape index (κ3) is 3.40. The maximum Gasteiger partial charge on any atom is 0.263 e. The molecule has 1 amide bonds. The Bertz CT molecular complexity index is 579. The molecule has 0 saturated carbocycles. The molecule has 2 aromatic heterocycles. The summed E-state index contributed by atoms with van der Waals surface area (Å²) in [6, 6.07) is 1.90. The van der Waals surface area contributed by atoms with Crippen molar-refractivity contribution in [3.05, 3.63) is 38.5 Å². The van der Waals surface area contributed by atoms with Gasteiger partial charge in [-0.05, 0) is 6.07 Å². The van der Waals surface area contributed by atoms with Crippen LogP contribution in [0.25, 0.3) is 0 Å². The minimum atomic E-state index is -0.146. The number of nitrogens with one attached hydrogen (secondary N) is 1. The first-order chi connectivity index (χ1) is 8.79. The van der Waals surface area contributed by atoms with Crippen molar-refractivity contribution in [2.24, 2.45) is 0 Å². The van der Waals surface area contributed by atoms with Gasteiger partial charge in [0, 0.05) is 15.8 Å². The molecule has 4 nitrogen and oxygen atoms in total. The van der Waals surface area contributed by atoms with Gasteiger partial charge in [0.1, 0.15) is 11.5 Å². The van der Waals surface area contributed by atoms with Gasteiger partial charge in [-0.3, -0.25) is 9.78 Å². The normalized spacial score (nSPS) is 9.61. The molecule has 0 spiro atoms. The topological polar surface area (TPSA) is 62.2 Å². The summed E-state index contributed by atoms with van der Waals surface area (Å²) < 4.78 is 0. The lowest BCUT2D eigenvalue weighted by molar-refractivity contribution is 0.0955. The van der Waals surface area contributed by atoms with Crippen LogP contribution >= 0.6 is 22.7 Å². The maximum atomic E-state index is 11.7. The molecule has 6 heteroatoms. The van der Waals surface area contributed by atoms with Crippen LogP contribution in [0.5, 0.6) is 0 Å². The summed E-state index contributed by atoms with van der Waals surface area (Å²) in [4.78, 5) is 17.1. The van der Waals surface area contributed by atoms with E-state index >= 15 is 0 Å². The summed E-state index contributed by atoms with van der Waals surface area (Å²) in [6.07, 6.45) is 1.55. The fourth-order valence-electron chi connectivity index (χ4n) is 1.26. The van der Waals surface area contributed by atoms with E-state index in [2.05, 4.69) is 22.1 Å². The highest BCUT2D eigenvalue weighted by molar-refractivity contribution is 7.11. The van der Waals surface area contributed by atoms with Crippen LogP contribution in [0.15, 0.2) is 23.2 Å². The molecule has 0 unspecified atom stereocenters. The van der Waals surface area contributed by atoms with Crippen LogP contribution in [0.3, 0.4) is 0 Å². The van der Waals surface area contributed by atoms with E-state index < -0.39 is 0 Å². The molecule has 18 heavy (non-hydrogen) atoms. The Kier molecular flexibility index (Phi) is 4.47. The largest absolute Gasteiger partial charge is 0.384 e. The van der Waals surface area contributed by atoms with Crippen molar-refractivity contribution < 1.29 is 9.90 Å². The van der Waals surface area contributed by atoms with Crippen LogP contribution in [0.4, 0.5) is 0 Å². The Morgan fingerprint density at radius 1 is 1.50 bits per heavy atom. The number of rotatable bonds is 3. The van der Waals surface area contributed by atoms with Crippen LogP contribution in [0.2, 0.25) is 0 Å². The van der Waals surface area contributed by atoms with E-state index in [4.69, 9.17) is 5.11 Å². The van der Waals surface area contributed by atoms with E-state index in [-0.39, 0.29) is 12.5 Å². The summed E-state index contributed by atoms with van der Waals surface area (Å²) in [5.41, 5.74) is 2.49. The Labute approximate surface area is 112 Å². The van der Waals surface area contributed by atoms with E-state index in [1.54, 1.807) is 11.7 Å². The number of nitrogens with zero attached hydrogens (tertiary/aromatic N) is 1. The van der Waals surface area contributed by atoms with E-state index in [0.717, 1.165) is 10.4 Å². The number of thiazole rings is 1. The van der Waals surface area contributed by atoms with Gasteiger partial charge in [-0.15, -0.1) is 22.7 Å². The molecule has 0 aliphatic carbocycles. The molecule has 0 aliphatic rings. The fraction of sp³-hybridized carbons (Fsp3) is 0.167. The van der Waals surface area contributed by atoms with Crippen LogP contribution in [-0.2, 0) is 6.54 Å². The smallest absolute Gasteiger partial charge is 0.263 e. The van der Waals surface area contributed by atoms with Crippen molar-refractivity contribution in [2.75, 3.05) is 6.61 Å². The van der Waals surface area contributed by atoms with Crippen molar-refractivity contribution in [3.8, 4) is 11.8 Å². The second kappa shape index (κ2) is 6.31. The first-order valence-corrected chi connectivity index (χ1v) is 6.89. The summed E-state index contributed by atoms with van der Waals surface area (Å²) in [6.45, 7) is 0.329. The predicted molar refractivity (Wildman–Crippen MR) is 71.6 cm³/mol. The highest BCUT2D eigenvalue weighted by atomic mass is 32.1. The molecular formula is C12H10N2O2S2. The lowest BCUT2D eigenvalue weighted by Gasteiger charge is -1.99. The fourth-order valence-corrected chi connectivity index (χ4v) is 2.55. The second-order valence-electron chi connectivity index (χ2n) is 3.31. The molecule has 0 radical (unpaired) electrons. The number of aliphatic hydroxyl groups is 1. The summed E-state index contributed by atoms with van der Waals surface area (Å²) in [5, 5.41) is 13.3. The van der Waals surface area contributed by atoms with Gasteiger partial charge < -0.3 is 10.4 Å². The molecule has 0 saturated heterocycles. The predicted octanol–water partition coefficient (Wildman–Crippen LogP) is 1.48. The minimum absolute atomic E-state index is 0.117. The Morgan fingerprint density at radius 3 is 3.11 bits per heavy atom. The van der Waals surface area contributed by atoms with E-state index in [1.807, 2.05) is 11.4 Å². The van der Waals surface area contributed by atoms with Crippen molar-refractivity contribution in [2.45, 2.75) is 6.54 Å². The monoisotopic (exact) mass is 278 g/mol. The zero-order chi connectivity index (χ0) is 12.8. The summed E-state index contributed by atoms with van der Waals surface area (Å²) in [5.74, 6) is 5.29. The van der Waals surface area contributed by atoms with Crippen molar-refractivity contribution in [1.29, 1.82) is 0 Å². The molecule has 92 valence electrons. The average molecular weight is 278 g/mol. The number of thiophene rings is 1. The maximum absolute atomic E-state index is 11.7. The first kappa shape index (κ1) is 12.8. The van der Waals surface area contributed by atoms with Crippen molar-refractivity contribution in [3.63, 3.8) is 0 Å². The molecule has 2 N–H and O–H groups in total. The van der Waals surface area contributed by atoms with Crippen molar-refractivity contribution >= 4 is 28.6 Å². The quantitative estimate of drug-likeness (QED) is 0.836. The van der Waals surface area contributed by atoms with Gasteiger partial charge in [-0.2, -0.15) is 0 Å². The molecule has 2 heterocycles. The number of hydrogen-bond acceptors (Lipinski definition) is 5.